The summed E-state index contributed by atoms with van der Waals surface area (Å²) in [7, 11) is 0. The average Bonchev–Trinajstić information content (AvgIpc) is 3.21. The van der Waals surface area contributed by atoms with Crippen molar-refractivity contribution in [2.75, 3.05) is 25.1 Å². The number of aliphatic hydroxyl groups is 1. The van der Waals surface area contributed by atoms with Crippen molar-refractivity contribution in [2.45, 2.75) is 38.3 Å². The molecule has 2 amide bonds. The number of nitrogens with zero attached hydrogens (tertiary/aromatic N) is 1. The van der Waals surface area contributed by atoms with Crippen LogP contribution in [0.25, 0.3) is 0 Å². The topological polar surface area (TPSA) is 71.0 Å². The van der Waals surface area contributed by atoms with E-state index in [1.165, 1.54) is 0 Å². The van der Waals surface area contributed by atoms with Crippen LogP contribution in [0.1, 0.15) is 24.8 Å². The van der Waals surface area contributed by atoms with Gasteiger partial charge in [-0.25, -0.2) is 4.79 Å². The molecule has 0 bridgehead atoms. The van der Waals surface area contributed by atoms with E-state index in [4.69, 9.17) is 9.47 Å². The van der Waals surface area contributed by atoms with Gasteiger partial charge in [0.05, 0.1) is 18.4 Å². The van der Waals surface area contributed by atoms with Gasteiger partial charge < -0.3 is 24.8 Å². The Hall–Kier alpha value is -2.57. The molecule has 2 aliphatic heterocycles. The summed E-state index contributed by atoms with van der Waals surface area (Å²) in [5.74, 6) is 1.29. The first-order valence-corrected chi connectivity index (χ1v) is 10.3. The lowest BCUT2D eigenvalue weighted by atomic mass is 9.89. The maximum atomic E-state index is 13.1. The van der Waals surface area contributed by atoms with Crippen molar-refractivity contribution < 1.29 is 19.4 Å². The van der Waals surface area contributed by atoms with E-state index < -0.39 is 6.10 Å². The first-order valence-electron chi connectivity index (χ1n) is 10.3. The number of ether oxygens (including phenoxy) is 2. The minimum Gasteiger partial charge on any atom is -0.455 e. The Morgan fingerprint density at radius 2 is 2.03 bits per heavy atom. The van der Waals surface area contributed by atoms with Gasteiger partial charge in [0.25, 0.3) is 0 Å². The normalized spacial score (nSPS) is 24.3. The number of para-hydroxylation sites is 1. The molecule has 0 aliphatic carbocycles. The molecule has 2 aromatic rings. The van der Waals surface area contributed by atoms with Crippen LogP contribution >= 0.6 is 0 Å². The summed E-state index contributed by atoms with van der Waals surface area (Å²) in [5.41, 5.74) is 1.68. The van der Waals surface area contributed by atoms with Gasteiger partial charge in [-0.2, -0.15) is 0 Å². The summed E-state index contributed by atoms with van der Waals surface area (Å²) in [6, 6.07) is 15.1. The molecular formula is C23H28N2O4. The van der Waals surface area contributed by atoms with Crippen LogP contribution in [0.3, 0.4) is 0 Å². The van der Waals surface area contributed by atoms with Crippen molar-refractivity contribution in [3.8, 4) is 11.5 Å². The summed E-state index contributed by atoms with van der Waals surface area (Å²) in [4.78, 5) is 15.0. The van der Waals surface area contributed by atoms with Crippen molar-refractivity contribution >= 4 is 11.7 Å². The Morgan fingerprint density at radius 3 is 2.83 bits per heavy atom. The Labute approximate surface area is 171 Å². The van der Waals surface area contributed by atoms with Crippen LogP contribution in [-0.4, -0.2) is 47.9 Å². The number of hydrogen-bond donors (Lipinski definition) is 2. The van der Waals surface area contributed by atoms with Crippen molar-refractivity contribution in [3.63, 3.8) is 0 Å². The van der Waals surface area contributed by atoms with Gasteiger partial charge in [0.15, 0.2) is 5.75 Å². The molecule has 6 heteroatoms. The third-order valence-corrected chi connectivity index (χ3v) is 5.76. The van der Waals surface area contributed by atoms with Crippen LogP contribution in [0.15, 0.2) is 48.5 Å². The zero-order valence-electron chi connectivity index (χ0n) is 16.7. The first kappa shape index (κ1) is 19.7. The highest BCUT2D eigenvalue weighted by molar-refractivity contribution is 5.91. The van der Waals surface area contributed by atoms with Crippen molar-refractivity contribution in [3.05, 3.63) is 54.1 Å². The number of carbonyl (C=O) groups excluding carboxylic acids is 1. The van der Waals surface area contributed by atoms with E-state index in [0.717, 1.165) is 18.4 Å². The summed E-state index contributed by atoms with van der Waals surface area (Å²) in [6.07, 6.45) is 2.03. The Morgan fingerprint density at radius 1 is 1.21 bits per heavy atom. The van der Waals surface area contributed by atoms with Gasteiger partial charge in [0, 0.05) is 25.1 Å². The number of rotatable bonds is 4. The maximum absolute atomic E-state index is 13.1. The zero-order chi connectivity index (χ0) is 20.2. The number of likely N-dealkylation sites (tertiary alicyclic amines) is 1. The molecule has 3 unspecified atom stereocenters. The van der Waals surface area contributed by atoms with Gasteiger partial charge >= 0.3 is 6.03 Å². The minimum absolute atomic E-state index is 0.00593. The highest BCUT2D eigenvalue weighted by Gasteiger charge is 2.39. The fourth-order valence-corrected chi connectivity index (χ4v) is 4.24. The molecule has 154 valence electrons. The Kier molecular flexibility index (Phi) is 6.02. The third kappa shape index (κ3) is 4.54. The summed E-state index contributed by atoms with van der Waals surface area (Å²) in [6.45, 7) is 3.75. The molecule has 3 atom stereocenters. The molecule has 0 saturated carbocycles. The maximum Gasteiger partial charge on any atom is 0.322 e. The second kappa shape index (κ2) is 8.84. The van der Waals surface area contributed by atoms with Gasteiger partial charge in [0.1, 0.15) is 5.75 Å². The smallest absolute Gasteiger partial charge is 0.322 e. The van der Waals surface area contributed by atoms with Crippen LogP contribution in [-0.2, 0) is 4.74 Å². The number of hydrogen-bond acceptors (Lipinski definition) is 4. The number of aryl methyl sites for hydroxylation is 1. The highest BCUT2D eigenvalue weighted by Crippen LogP contribution is 2.33. The zero-order valence-corrected chi connectivity index (χ0v) is 16.7. The van der Waals surface area contributed by atoms with Gasteiger partial charge in [0.2, 0.25) is 0 Å². The summed E-state index contributed by atoms with van der Waals surface area (Å²) in [5, 5.41) is 13.4. The number of nitrogens with one attached hydrogen (secondary N) is 1. The molecule has 0 spiro atoms. The van der Waals surface area contributed by atoms with Crippen LogP contribution in [0.5, 0.6) is 11.5 Å². The van der Waals surface area contributed by atoms with Crippen LogP contribution in [0.2, 0.25) is 0 Å². The predicted octanol–water partition coefficient (Wildman–Crippen LogP) is 4.18. The van der Waals surface area contributed by atoms with Gasteiger partial charge in [-0.1, -0.05) is 24.3 Å². The monoisotopic (exact) mass is 396 g/mol. The van der Waals surface area contributed by atoms with Gasteiger partial charge in [-0.15, -0.1) is 0 Å². The lowest BCUT2D eigenvalue weighted by Crippen LogP contribution is -2.49. The van der Waals surface area contributed by atoms with Crippen LogP contribution < -0.4 is 10.1 Å². The van der Waals surface area contributed by atoms with E-state index in [1.807, 2.05) is 60.4 Å². The molecular weight excluding hydrogens is 368 g/mol. The second-order valence-corrected chi connectivity index (χ2v) is 7.84. The number of carbonyl (C=O) groups is 1. The van der Waals surface area contributed by atoms with Crippen LogP contribution in [0.4, 0.5) is 10.5 Å². The largest absolute Gasteiger partial charge is 0.455 e. The third-order valence-electron chi connectivity index (χ3n) is 5.76. The fourth-order valence-electron chi connectivity index (χ4n) is 4.24. The molecule has 6 nitrogen and oxygen atoms in total. The van der Waals surface area contributed by atoms with Crippen LogP contribution in [0, 0.1) is 12.8 Å². The number of benzene rings is 2. The van der Waals surface area contributed by atoms with E-state index in [-0.39, 0.29) is 18.0 Å². The van der Waals surface area contributed by atoms with Crippen molar-refractivity contribution in [1.82, 2.24) is 4.90 Å². The van der Waals surface area contributed by atoms with Crippen molar-refractivity contribution in [1.29, 1.82) is 0 Å². The number of aliphatic hydroxyl groups excluding tert-OH is 1. The van der Waals surface area contributed by atoms with Gasteiger partial charge in [-0.05, 0) is 56.0 Å². The number of urea groups is 1. The molecule has 2 aromatic carbocycles. The lowest BCUT2D eigenvalue weighted by Gasteiger charge is -2.37. The SMILES string of the molecule is Cc1ccc(Oc2ccccc2)c(NC(=O)N2CCCC2C2COCCC2O)c1. The van der Waals surface area contributed by atoms with Gasteiger partial charge in [-0.3, -0.25) is 0 Å². The Bertz CT molecular complexity index is 842. The quantitative estimate of drug-likeness (QED) is 0.813. The second-order valence-electron chi connectivity index (χ2n) is 7.84. The molecule has 4 rings (SSSR count). The lowest BCUT2D eigenvalue weighted by molar-refractivity contribution is -0.0571. The summed E-state index contributed by atoms with van der Waals surface area (Å²) < 4.78 is 11.6. The molecule has 2 fully saturated rings. The van der Waals surface area contributed by atoms with E-state index in [2.05, 4.69) is 5.32 Å². The van der Waals surface area contributed by atoms with E-state index >= 15 is 0 Å². The van der Waals surface area contributed by atoms with E-state index in [1.54, 1.807) is 0 Å². The first-order chi connectivity index (χ1) is 14.1. The molecule has 2 aliphatic rings. The number of anilines is 1. The van der Waals surface area contributed by atoms with Crippen molar-refractivity contribution in [2.24, 2.45) is 5.92 Å². The number of amides is 2. The molecule has 0 radical (unpaired) electrons. The molecule has 0 aromatic heterocycles. The predicted molar refractivity (Wildman–Crippen MR) is 111 cm³/mol. The fraction of sp³-hybridized carbons (Fsp3) is 0.435. The highest BCUT2D eigenvalue weighted by atomic mass is 16.5. The average molecular weight is 396 g/mol. The molecule has 2 N–H and O–H groups in total. The van der Waals surface area contributed by atoms with E-state index in [9.17, 15) is 9.90 Å². The molecule has 29 heavy (non-hydrogen) atoms. The van der Waals surface area contributed by atoms with E-state index in [0.29, 0.717) is 43.4 Å². The molecule has 2 saturated heterocycles. The standard InChI is InChI=1S/C23H28N2O4/c1-16-9-10-22(29-17-6-3-2-4-7-17)19(14-16)24-23(27)25-12-5-8-20(25)18-15-28-13-11-21(18)26/h2-4,6-7,9-10,14,18,20-21,26H,5,8,11-13,15H2,1H3,(H,24,27). The Balaban J connectivity index is 1.51. The summed E-state index contributed by atoms with van der Waals surface area (Å²) >= 11 is 0. The minimum atomic E-state index is -0.418. The molecule has 2 heterocycles.